The Balaban J connectivity index is 1.92. The van der Waals surface area contributed by atoms with Gasteiger partial charge in [-0.3, -0.25) is 0 Å². The molecule has 0 amide bonds. The fraction of sp³-hybridized carbons (Fsp3) is 0.438. The van der Waals surface area contributed by atoms with Crippen molar-refractivity contribution in [1.29, 1.82) is 0 Å². The van der Waals surface area contributed by atoms with E-state index in [1.807, 2.05) is 30.5 Å². The van der Waals surface area contributed by atoms with Gasteiger partial charge in [0, 0.05) is 17.6 Å². The zero-order valence-corrected chi connectivity index (χ0v) is 13.5. The molecule has 0 aliphatic heterocycles. The van der Waals surface area contributed by atoms with Crippen LogP contribution in [0.2, 0.25) is 0 Å². The van der Waals surface area contributed by atoms with Crippen molar-refractivity contribution in [2.45, 2.75) is 32.4 Å². The van der Waals surface area contributed by atoms with Crippen LogP contribution in [0.4, 0.5) is 0 Å². The Morgan fingerprint density at radius 2 is 2.24 bits per heavy atom. The first-order chi connectivity index (χ1) is 10.1. The van der Waals surface area contributed by atoms with E-state index in [2.05, 4.69) is 24.1 Å². The van der Waals surface area contributed by atoms with Gasteiger partial charge in [-0.05, 0) is 31.0 Å². The minimum absolute atomic E-state index is 0.135. The van der Waals surface area contributed by atoms with Crippen molar-refractivity contribution in [2.24, 2.45) is 0 Å². The van der Waals surface area contributed by atoms with Crippen molar-refractivity contribution in [3.05, 3.63) is 45.9 Å². The summed E-state index contributed by atoms with van der Waals surface area (Å²) < 4.78 is 5.18. The van der Waals surface area contributed by atoms with Gasteiger partial charge in [0.2, 0.25) is 0 Å². The van der Waals surface area contributed by atoms with Gasteiger partial charge in [-0.2, -0.15) is 0 Å². The lowest BCUT2D eigenvalue weighted by Crippen LogP contribution is -2.24. The number of ether oxygens (including phenoxy) is 1. The standard InChI is InChI=1S/C16H22N2O2S/c1-4-14-9-18-16(21-14)11(2)17-10-15(19)12-6-5-7-13(8-12)20-3/h5-9,11,15,17,19H,4,10H2,1-3H3. The number of rotatable bonds is 7. The number of aliphatic hydroxyl groups is 1. The second-order valence-corrected chi connectivity index (χ2v) is 6.09. The minimum atomic E-state index is -0.562. The van der Waals surface area contributed by atoms with E-state index in [0.717, 1.165) is 22.7 Å². The molecule has 0 fully saturated rings. The molecule has 2 unspecified atom stereocenters. The summed E-state index contributed by atoms with van der Waals surface area (Å²) in [6.07, 6.45) is 2.38. The van der Waals surface area contributed by atoms with Crippen molar-refractivity contribution in [2.75, 3.05) is 13.7 Å². The molecule has 4 nitrogen and oxygen atoms in total. The SMILES string of the molecule is CCc1cnc(C(C)NCC(O)c2cccc(OC)c2)s1. The lowest BCUT2D eigenvalue weighted by Gasteiger charge is -2.16. The molecule has 114 valence electrons. The van der Waals surface area contributed by atoms with Gasteiger partial charge >= 0.3 is 0 Å². The van der Waals surface area contributed by atoms with E-state index >= 15 is 0 Å². The summed E-state index contributed by atoms with van der Waals surface area (Å²) in [5.74, 6) is 0.757. The van der Waals surface area contributed by atoms with Gasteiger partial charge < -0.3 is 15.2 Å². The summed E-state index contributed by atoms with van der Waals surface area (Å²) in [5.41, 5.74) is 0.849. The topological polar surface area (TPSA) is 54.4 Å². The van der Waals surface area contributed by atoms with Crippen LogP contribution < -0.4 is 10.1 Å². The van der Waals surface area contributed by atoms with Gasteiger partial charge in [-0.25, -0.2) is 4.98 Å². The first-order valence-electron chi connectivity index (χ1n) is 7.14. The summed E-state index contributed by atoms with van der Waals surface area (Å²) in [4.78, 5) is 5.70. The van der Waals surface area contributed by atoms with Crippen LogP contribution >= 0.6 is 11.3 Å². The van der Waals surface area contributed by atoms with Gasteiger partial charge in [-0.1, -0.05) is 19.1 Å². The fourth-order valence-electron chi connectivity index (χ4n) is 2.03. The molecule has 0 bridgehead atoms. The van der Waals surface area contributed by atoms with Crippen LogP contribution in [-0.2, 0) is 6.42 Å². The molecule has 2 aromatic rings. The molecule has 0 aliphatic rings. The Labute approximate surface area is 129 Å². The van der Waals surface area contributed by atoms with Crippen LogP contribution in [-0.4, -0.2) is 23.7 Å². The van der Waals surface area contributed by atoms with Gasteiger partial charge in [0.1, 0.15) is 10.8 Å². The summed E-state index contributed by atoms with van der Waals surface area (Å²) in [7, 11) is 1.62. The number of nitrogens with one attached hydrogen (secondary N) is 1. The van der Waals surface area contributed by atoms with Crippen molar-refractivity contribution in [3.63, 3.8) is 0 Å². The third kappa shape index (κ3) is 4.27. The number of thiazole rings is 1. The Morgan fingerprint density at radius 1 is 1.43 bits per heavy atom. The molecule has 5 heteroatoms. The van der Waals surface area contributed by atoms with Crippen LogP contribution in [0.25, 0.3) is 0 Å². The number of benzene rings is 1. The zero-order chi connectivity index (χ0) is 15.2. The highest BCUT2D eigenvalue weighted by atomic mass is 32.1. The number of nitrogens with zero attached hydrogens (tertiary/aromatic N) is 1. The molecule has 0 saturated carbocycles. The molecular formula is C16H22N2O2S. The number of hydrogen-bond acceptors (Lipinski definition) is 5. The van der Waals surface area contributed by atoms with Crippen molar-refractivity contribution in [1.82, 2.24) is 10.3 Å². The molecule has 1 aromatic carbocycles. The van der Waals surface area contributed by atoms with E-state index in [4.69, 9.17) is 4.74 Å². The molecule has 2 atom stereocenters. The maximum absolute atomic E-state index is 10.3. The molecule has 21 heavy (non-hydrogen) atoms. The van der Waals surface area contributed by atoms with E-state index in [-0.39, 0.29) is 6.04 Å². The Bertz CT molecular complexity index is 571. The third-order valence-electron chi connectivity index (χ3n) is 3.39. The zero-order valence-electron chi connectivity index (χ0n) is 12.7. The summed E-state index contributed by atoms with van der Waals surface area (Å²) in [5, 5.41) is 14.6. The smallest absolute Gasteiger partial charge is 0.119 e. The van der Waals surface area contributed by atoms with E-state index in [1.54, 1.807) is 18.4 Å². The fourth-order valence-corrected chi connectivity index (χ4v) is 2.91. The average molecular weight is 306 g/mol. The molecule has 0 saturated heterocycles. The number of hydrogen-bond donors (Lipinski definition) is 2. The summed E-state index contributed by atoms with van der Waals surface area (Å²) >= 11 is 1.72. The highest BCUT2D eigenvalue weighted by molar-refractivity contribution is 7.11. The van der Waals surface area contributed by atoms with Crippen LogP contribution in [0.5, 0.6) is 5.75 Å². The second-order valence-electron chi connectivity index (χ2n) is 4.94. The predicted octanol–water partition coefficient (Wildman–Crippen LogP) is 3.10. The minimum Gasteiger partial charge on any atom is -0.497 e. The number of aryl methyl sites for hydroxylation is 1. The van der Waals surface area contributed by atoms with Gasteiger partial charge in [0.05, 0.1) is 19.3 Å². The highest BCUT2D eigenvalue weighted by Gasteiger charge is 2.13. The molecular weight excluding hydrogens is 284 g/mol. The highest BCUT2D eigenvalue weighted by Crippen LogP contribution is 2.22. The summed E-state index contributed by atoms with van der Waals surface area (Å²) in [6.45, 7) is 4.67. The molecule has 0 spiro atoms. The maximum Gasteiger partial charge on any atom is 0.119 e. The van der Waals surface area contributed by atoms with Gasteiger partial charge in [-0.15, -0.1) is 11.3 Å². The van der Waals surface area contributed by atoms with Crippen molar-refractivity contribution in [3.8, 4) is 5.75 Å². The maximum atomic E-state index is 10.3. The van der Waals surface area contributed by atoms with Gasteiger partial charge in [0.15, 0.2) is 0 Å². The van der Waals surface area contributed by atoms with E-state index in [1.165, 1.54) is 4.88 Å². The van der Waals surface area contributed by atoms with Crippen molar-refractivity contribution < 1.29 is 9.84 Å². The predicted molar refractivity (Wildman–Crippen MR) is 85.9 cm³/mol. The van der Waals surface area contributed by atoms with E-state index < -0.39 is 6.10 Å². The van der Waals surface area contributed by atoms with E-state index in [0.29, 0.717) is 6.54 Å². The Hall–Kier alpha value is -1.43. The first kappa shape index (κ1) is 15.9. The normalized spacial score (nSPS) is 13.9. The third-order valence-corrected chi connectivity index (χ3v) is 4.71. The number of aromatic nitrogens is 1. The second kappa shape index (κ2) is 7.54. The molecule has 1 heterocycles. The van der Waals surface area contributed by atoms with Crippen LogP contribution in [0, 0.1) is 0 Å². The van der Waals surface area contributed by atoms with E-state index in [9.17, 15) is 5.11 Å². The monoisotopic (exact) mass is 306 g/mol. The number of methoxy groups -OCH3 is 1. The first-order valence-corrected chi connectivity index (χ1v) is 7.95. The van der Waals surface area contributed by atoms with Crippen molar-refractivity contribution >= 4 is 11.3 Å². The molecule has 2 rings (SSSR count). The molecule has 2 N–H and O–H groups in total. The lowest BCUT2D eigenvalue weighted by atomic mass is 10.1. The van der Waals surface area contributed by atoms with Gasteiger partial charge in [0.25, 0.3) is 0 Å². The Morgan fingerprint density at radius 3 is 2.90 bits per heavy atom. The van der Waals surface area contributed by atoms with Crippen LogP contribution in [0.15, 0.2) is 30.5 Å². The lowest BCUT2D eigenvalue weighted by molar-refractivity contribution is 0.170. The summed E-state index contributed by atoms with van der Waals surface area (Å²) in [6, 6.07) is 7.65. The van der Waals surface area contributed by atoms with Crippen LogP contribution in [0.3, 0.4) is 0 Å². The molecule has 0 radical (unpaired) electrons. The molecule has 0 aliphatic carbocycles. The average Bonchev–Trinajstić information content (AvgIpc) is 3.01. The molecule has 1 aromatic heterocycles. The Kier molecular flexibility index (Phi) is 5.73. The van der Waals surface area contributed by atoms with Crippen LogP contribution in [0.1, 0.15) is 41.4 Å². The largest absolute Gasteiger partial charge is 0.497 e. The number of aliphatic hydroxyl groups excluding tert-OH is 1. The quantitative estimate of drug-likeness (QED) is 0.825.